The smallest absolute Gasteiger partial charge is 0.267 e. The summed E-state index contributed by atoms with van der Waals surface area (Å²) in [5, 5.41) is 4.50. The van der Waals surface area contributed by atoms with Gasteiger partial charge in [-0.3, -0.25) is 4.79 Å². The molecule has 3 heteroatoms. The van der Waals surface area contributed by atoms with Crippen LogP contribution in [0.1, 0.15) is 47.1 Å². The summed E-state index contributed by atoms with van der Waals surface area (Å²) in [6, 6.07) is 9.88. The number of carbonyl (C=O) groups excluding carboxylic acids is 1. The van der Waals surface area contributed by atoms with Crippen molar-refractivity contribution >= 4 is 12.0 Å². The van der Waals surface area contributed by atoms with Gasteiger partial charge in [-0.05, 0) is 42.2 Å². The Bertz CT molecular complexity index is 783. The van der Waals surface area contributed by atoms with Gasteiger partial charge in [-0.25, -0.2) is 4.68 Å². The fourth-order valence-electron chi connectivity index (χ4n) is 4.08. The fraction of sp³-hybridized carbons (Fsp3) is 0.368. The second-order valence-corrected chi connectivity index (χ2v) is 7.05. The largest absolute Gasteiger partial charge is 0.271 e. The Morgan fingerprint density at radius 2 is 2.05 bits per heavy atom. The molecule has 0 unspecified atom stereocenters. The van der Waals surface area contributed by atoms with Crippen molar-refractivity contribution in [3.63, 3.8) is 0 Å². The Kier molecular flexibility index (Phi) is 2.71. The highest BCUT2D eigenvalue weighted by Gasteiger charge is 2.63. The molecule has 2 atom stereocenters. The molecule has 1 saturated carbocycles. The number of hydrogen-bond donors (Lipinski definition) is 0. The van der Waals surface area contributed by atoms with Gasteiger partial charge < -0.3 is 0 Å². The molecule has 1 fully saturated rings. The number of rotatable bonds is 2. The highest BCUT2D eigenvalue weighted by Crippen LogP contribution is 2.70. The fourth-order valence-corrected chi connectivity index (χ4v) is 4.08. The first-order valence-corrected chi connectivity index (χ1v) is 7.86. The van der Waals surface area contributed by atoms with Gasteiger partial charge in [0.25, 0.3) is 5.91 Å². The molecule has 0 aliphatic heterocycles. The van der Waals surface area contributed by atoms with E-state index in [1.165, 1.54) is 5.56 Å². The van der Waals surface area contributed by atoms with Crippen molar-refractivity contribution in [2.24, 2.45) is 11.3 Å². The van der Waals surface area contributed by atoms with Crippen LogP contribution < -0.4 is 0 Å². The zero-order chi connectivity index (χ0) is 15.5. The van der Waals surface area contributed by atoms with Crippen LogP contribution in [0.15, 0.2) is 36.4 Å². The van der Waals surface area contributed by atoms with Crippen LogP contribution in [0.25, 0.3) is 6.08 Å². The van der Waals surface area contributed by atoms with Gasteiger partial charge in [-0.1, -0.05) is 44.2 Å². The lowest BCUT2D eigenvalue weighted by Gasteiger charge is -2.09. The lowest BCUT2D eigenvalue weighted by Crippen LogP contribution is -2.14. The van der Waals surface area contributed by atoms with E-state index in [1.54, 1.807) is 10.8 Å². The van der Waals surface area contributed by atoms with E-state index in [0.29, 0.717) is 17.3 Å². The summed E-state index contributed by atoms with van der Waals surface area (Å²) in [6.45, 7) is 6.67. The highest BCUT2D eigenvalue weighted by atomic mass is 16.2. The van der Waals surface area contributed by atoms with Crippen LogP contribution in [0.4, 0.5) is 0 Å². The maximum absolute atomic E-state index is 12.5. The molecule has 0 N–H and O–H groups in total. The third-order valence-corrected chi connectivity index (χ3v) is 5.41. The number of nitrogens with zero attached hydrogens (tertiary/aromatic N) is 2. The van der Waals surface area contributed by atoms with Crippen LogP contribution in [0.2, 0.25) is 0 Å². The van der Waals surface area contributed by atoms with E-state index in [-0.39, 0.29) is 5.91 Å². The lowest BCUT2D eigenvalue weighted by molar-refractivity contribution is 0.0951. The Hall–Kier alpha value is -2.16. The predicted molar refractivity (Wildman–Crippen MR) is 86.8 cm³/mol. The summed E-state index contributed by atoms with van der Waals surface area (Å²) < 4.78 is 1.62. The molecule has 0 radical (unpaired) electrons. The van der Waals surface area contributed by atoms with E-state index in [1.807, 2.05) is 43.3 Å². The zero-order valence-corrected chi connectivity index (χ0v) is 13.2. The van der Waals surface area contributed by atoms with Crippen LogP contribution in [-0.2, 0) is 6.42 Å². The molecule has 0 bridgehead atoms. The van der Waals surface area contributed by atoms with Crippen molar-refractivity contribution in [1.29, 1.82) is 0 Å². The van der Waals surface area contributed by atoms with Gasteiger partial charge in [0.2, 0.25) is 0 Å². The van der Waals surface area contributed by atoms with Crippen LogP contribution in [-0.4, -0.2) is 15.7 Å². The summed E-state index contributed by atoms with van der Waals surface area (Å²) >= 11 is 0. The van der Waals surface area contributed by atoms with Gasteiger partial charge >= 0.3 is 0 Å². The Morgan fingerprint density at radius 3 is 2.77 bits per heavy atom. The van der Waals surface area contributed by atoms with Crippen LogP contribution in [0, 0.1) is 18.3 Å². The SMILES string of the molecule is Cc1nn(C(=O)C=Cc2ccccc2)c2c1[C@H]1[C@H](C2)C1(C)C. The van der Waals surface area contributed by atoms with Crippen LogP contribution in [0.5, 0.6) is 0 Å². The first kappa shape index (κ1) is 13.5. The first-order chi connectivity index (χ1) is 10.5. The van der Waals surface area contributed by atoms with Crippen molar-refractivity contribution in [3.05, 3.63) is 58.9 Å². The zero-order valence-electron chi connectivity index (χ0n) is 13.2. The molecule has 0 spiro atoms. The molecule has 2 aromatic rings. The maximum Gasteiger partial charge on any atom is 0.271 e. The molecule has 4 rings (SSSR count). The Balaban J connectivity index is 1.63. The van der Waals surface area contributed by atoms with Gasteiger partial charge in [-0.15, -0.1) is 0 Å². The molecule has 1 aromatic carbocycles. The van der Waals surface area contributed by atoms with E-state index in [0.717, 1.165) is 23.4 Å². The molecular formula is C19H20N2O. The van der Waals surface area contributed by atoms with Gasteiger partial charge in [0.15, 0.2) is 0 Å². The number of carbonyl (C=O) groups is 1. The van der Waals surface area contributed by atoms with Crippen molar-refractivity contribution in [1.82, 2.24) is 9.78 Å². The van der Waals surface area contributed by atoms with E-state index >= 15 is 0 Å². The average molecular weight is 292 g/mol. The van der Waals surface area contributed by atoms with Crippen molar-refractivity contribution in [2.75, 3.05) is 0 Å². The summed E-state index contributed by atoms with van der Waals surface area (Å²) in [6.07, 6.45) is 4.46. The molecule has 22 heavy (non-hydrogen) atoms. The standard InChI is InChI=1S/C19H20N2O/c1-12-17-15(11-14-18(17)19(14,2)3)21(20-12)16(22)10-9-13-7-5-4-6-8-13/h4-10,14,18H,11H2,1-3H3/t14-,18+/m0/s1. The summed E-state index contributed by atoms with van der Waals surface area (Å²) in [4.78, 5) is 12.5. The van der Waals surface area contributed by atoms with E-state index in [9.17, 15) is 4.79 Å². The molecule has 0 saturated heterocycles. The molecule has 3 nitrogen and oxygen atoms in total. The molecule has 1 heterocycles. The predicted octanol–water partition coefficient (Wildman–Crippen LogP) is 3.84. The molecule has 1 aromatic heterocycles. The average Bonchev–Trinajstić information content (AvgIpc) is 2.86. The Morgan fingerprint density at radius 1 is 1.32 bits per heavy atom. The van der Waals surface area contributed by atoms with Crippen molar-refractivity contribution < 1.29 is 4.79 Å². The first-order valence-electron chi connectivity index (χ1n) is 7.86. The monoisotopic (exact) mass is 292 g/mol. The number of fused-ring (bicyclic) bond motifs is 3. The van der Waals surface area contributed by atoms with Crippen molar-refractivity contribution in [3.8, 4) is 0 Å². The van der Waals surface area contributed by atoms with E-state index in [2.05, 4.69) is 18.9 Å². The van der Waals surface area contributed by atoms with Crippen molar-refractivity contribution in [2.45, 2.75) is 33.1 Å². The second kappa shape index (κ2) is 4.42. The van der Waals surface area contributed by atoms with Crippen LogP contribution in [0.3, 0.4) is 0 Å². The number of aryl methyl sites for hydroxylation is 1. The Labute approximate surface area is 130 Å². The normalized spacial score (nSPS) is 24.3. The van der Waals surface area contributed by atoms with Gasteiger partial charge in [0.1, 0.15) is 0 Å². The van der Waals surface area contributed by atoms with Gasteiger partial charge in [0, 0.05) is 11.6 Å². The highest BCUT2D eigenvalue weighted by molar-refractivity contribution is 5.94. The quantitative estimate of drug-likeness (QED) is 0.788. The molecule has 112 valence electrons. The maximum atomic E-state index is 12.5. The third-order valence-electron chi connectivity index (χ3n) is 5.41. The molecular weight excluding hydrogens is 272 g/mol. The number of allylic oxidation sites excluding steroid dienone is 1. The minimum atomic E-state index is -0.0488. The molecule has 2 aliphatic carbocycles. The van der Waals surface area contributed by atoms with E-state index in [4.69, 9.17) is 0 Å². The lowest BCUT2D eigenvalue weighted by atomic mass is 9.98. The third kappa shape index (κ3) is 1.81. The molecule has 2 aliphatic rings. The topological polar surface area (TPSA) is 34.9 Å². The molecule has 0 amide bonds. The second-order valence-electron chi connectivity index (χ2n) is 7.05. The minimum Gasteiger partial charge on any atom is -0.267 e. The van der Waals surface area contributed by atoms with Crippen LogP contribution >= 0.6 is 0 Å². The summed E-state index contributed by atoms with van der Waals surface area (Å²) in [5.41, 5.74) is 4.90. The van der Waals surface area contributed by atoms with Gasteiger partial charge in [0.05, 0.1) is 11.4 Å². The summed E-state index contributed by atoms with van der Waals surface area (Å²) in [5.74, 6) is 1.24. The number of aromatic nitrogens is 2. The number of benzene rings is 1. The summed E-state index contributed by atoms with van der Waals surface area (Å²) in [7, 11) is 0. The number of hydrogen-bond acceptors (Lipinski definition) is 2. The minimum absolute atomic E-state index is 0.0488. The van der Waals surface area contributed by atoms with Gasteiger partial charge in [-0.2, -0.15) is 5.10 Å². The van der Waals surface area contributed by atoms with E-state index < -0.39 is 0 Å².